The van der Waals surface area contributed by atoms with Crippen molar-refractivity contribution in [1.82, 2.24) is 4.90 Å². The predicted molar refractivity (Wildman–Crippen MR) is 73.3 cm³/mol. The Morgan fingerprint density at radius 1 is 1.33 bits per heavy atom. The number of para-hydroxylation sites is 1. The molecule has 1 fully saturated rings. The van der Waals surface area contributed by atoms with Crippen molar-refractivity contribution in [1.29, 1.82) is 0 Å². The molecule has 1 N–H and O–H groups in total. The number of carboxylic acid groups (broad SMARTS) is 1. The summed E-state index contributed by atoms with van der Waals surface area (Å²) in [6, 6.07) is 7.53. The molecule has 0 spiro atoms. The largest absolute Gasteiger partial charge is 0.492 e. The Bertz CT molecular complexity index is 559. The fourth-order valence-electron chi connectivity index (χ4n) is 2.83. The van der Waals surface area contributed by atoms with Gasteiger partial charge >= 0.3 is 5.97 Å². The summed E-state index contributed by atoms with van der Waals surface area (Å²) in [5.41, 5.74) is 0.906. The highest BCUT2D eigenvalue weighted by Crippen LogP contribution is 2.34. The summed E-state index contributed by atoms with van der Waals surface area (Å²) in [6.45, 7) is 1.54. The topological polar surface area (TPSA) is 76.1 Å². The summed E-state index contributed by atoms with van der Waals surface area (Å²) >= 11 is 0. The third kappa shape index (κ3) is 2.85. The molecule has 1 aromatic rings. The zero-order valence-electron chi connectivity index (χ0n) is 11.5. The van der Waals surface area contributed by atoms with E-state index in [4.69, 9.17) is 14.6 Å². The predicted octanol–water partition coefficient (Wildman–Crippen LogP) is 0.865. The maximum atomic E-state index is 12.6. The molecule has 6 nitrogen and oxygen atoms in total. The Kier molecular flexibility index (Phi) is 3.79. The molecule has 2 atom stereocenters. The van der Waals surface area contributed by atoms with E-state index in [9.17, 15) is 9.59 Å². The lowest BCUT2D eigenvalue weighted by Gasteiger charge is -2.33. The van der Waals surface area contributed by atoms with Crippen LogP contribution in [0.3, 0.4) is 0 Å². The maximum Gasteiger partial charge on any atom is 0.306 e. The van der Waals surface area contributed by atoms with Crippen LogP contribution in [0.1, 0.15) is 17.9 Å². The van der Waals surface area contributed by atoms with Gasteiger partial charge in [0, 0.05) is 18.7 Å². The third-order valence-corrected chi connectivity index (χ3v) is 3.85. The molecular formula is C15H17NO5. The van der Waals surface area contributed by atoms with Crippen LogP contribution in [0.2, 0.25) is 0 Å². The highest BCUT2D eigenvalue weighted by atomic mass is 16.5. The van der Waals surface area contributed by atoms with Gasteiger partial charge in [-0.2, -0.15) is 0 Å². The lowest BCUT2D eigenvalue weighted by Crippen LogP contribution is -2.48. The number of carboxylic acids is 1. The smallest absolute Gasteiger partial charge is 0.306 e. The fraction of sp³-hybridized carbons (Fsp3) is 0.467. The van der Waals surface area contributed by atoms with Crippen molar-refractivity contribution < 1.29 is 24.2 Å². The molecule has 2 unspecified atom stereocenters. The molecule has 0 bridgehead atoms. The zero-order valence-corrected chi connectivity index (χ0v) is 11.5. The number of nitrogens with zero attached hydrogens (tertiary/aromatic N) is 1. The van der Waals surface area contributed by atoms with Gasteiger partial charge in [-0.1, -0.05) is 18.2 Å². The van der Waals surface area contributed by atoms with Crippen molar-refractivity contribution in [3.05, 3.63) is 29.8 Å². The molecule has 0 aromatic heterocycles. The summed E-state index contributed by atoms with van der Waals surface area (Å²) in [5, 5.41) is 8.83. The van der Waals surface area contributed by atoms with Crippen molar-refractivity contribution in [3.8, 4) is 5.75 Å². The maximum absolute atomic E-state index is 12.6. The Morgan fingerprint density at radius 3 is 2.95 bits per heavy atom. The van der Waals surface area contributed by atoms with E-state index < -0.39 is 12.1 Å². The first-order valence-corrected chi connectivity index (χ1v) is 6.99. The molecule has 0 radical (unpaired) electrons. The summed E-state index contributed by atoms with van der Waals surface area (Å²) in [7, 11) is 0. The van der Waals surface area contributed by atoms with Gasteiger partial charge in [0.1, 0.15) is 18.3 Å². The van der Waals surface area contributed by atoms with Gasteiger partial charge in [0.25, 0.3) is 0 Å². The Balaban J connectivity index is 1.70. The first-order valence-electron chi connectivity index (χ1n) is 6.99. The van der Waals surface area contributed by atoms with Crippen molar-refractivity contribution in [2.45, 2.75) is 18.4 Å². The van der Waals surface area contributed by atoms with Crippen molar-refractivity contribution in [2.24, 2.45) is 0 Å². The van der Waals surface area contributed by atoms with Crippen LogP contribution in [0.5, 0.6) is 5.75 Å². The second kappa shape index (κ2) is 5.73. The Morgan fingerprint density at radius 2 is 2.14 bits per heavy atom. The normalized spacial score (nSPS) is 24.3. The minimum absolute atomic E-state index is 0.0151. The minimum Gasteiger partial charge on any atom is -0.492 e. The van der Waals surface area contributed by atoms with Crippen LogP contribution in [-0.4, -0.2) is 54.3 Å². The van der Waals surface area contributed by atoms with Gasteiger partial charge in [-0.15, -0.1) is 0 Å². The van der Waals surface area contributed by atoms with Crippen LogP contribution in [-0.2, 0) is 14.3 Å². The van der Waals surface area contributed by atoms with Crippen molar-refractivity contribution in [2.75, 3.05) is 26.3 Å². The van der Waals surface area contributed by atoms with E-state index in [1.54, 1.807) is 4.90 Å². The van der Waals surface area contributed by atoms with Crippen LogP contribution in [0.4, 0.5) is 0 Å². The molecule has 2 aliphatic rings. The van der Waals surface area contributed by atoms with E-state index >= 15 is 0 Å². The number of aliphatic carboxylic acids is 1. The zero-order chi connectivity index (χ0) is 14.8. The number of hydrogen-bond donors (Lipinski definition) is 1. The molecular weight excluding hydrogens is 274 g/mol. The number of rotatable bonds is 3. The van der Waals surface area contributed by atoms with Gasteiger partial charge in [0.2, 0.25) is 5.91 Å². The number of ether oxygens (including phenoxy) is 2. The van der Waals surface area contributed by atoms with E-state index in [2.05, 4.69) is 0 Å². The number of fused-ring (bicyclic) bond motifs is 1. The van der Waals surface area contributed by atoms with E-state index in [0.29, 0.717) is 26.3 Å². The Hall–Kier alpha value is -2.08. The van der Waals surface area contributed by atoms with Crippen molar-refractivity contribution in [3.63, 3.8) is 0 Å². The third-order valence-electron chi connectivity index (χ3n) is 3.85. The summed E-state index contributed by atoms with van der Waals surface area (Å²) < 4.78 is 10.9. The average molecular weight is 291 g/mol. The summed E-state index contributed by atoms with van der Waals surface area (Å²) in [6.07, 6.45) is -0.514. The van der Waals surface area contributed by atoms with Gasteiger partial charge < -0.3 is 19.5 Å². The van der Waals surface area contributed by atoms with E-state index in [-0.39, 0.29) is 18.2 Å². The molecule has 0 saturated carbocycles. The lowest BCUT2D eigenvalue weighted by atomic mass is 9.99. The molecule has 1 amide bonds. The van der Waals surface area contributed by atoms with Gasteiger partial charge in [-0.05, 0) is 6.07 Å². The number of hydrogen-bond acceptors (Lipinski definition) is 4. The monoisotopic (exact) mass is 291 g/mol. The second-order valence-corrected chi connectivity index (χ2v) is 5.28. The standard InChI is InChI=1S/C15H17NO5/c17-14(18)7-10-8-16(5-6-20-10)15(19)12-9-21-13-4-2-1-3-11(12)13/h1-4,10,12H,5-9H2,(H,17,18). The summed E-state index contributed by atoms with van der Waals surface area (Å²) in [4.78, 5) is 25.1. The number of benzene rings is 1. The van der Waals surface area contributed by atoms with Gasteiger partial charge in [-0.3, -0.25) is 9.59 Å². The molecule has 6 heteroatoms. The van der Waals surface area contributed by atoms with E-state index in [1.807, 2.05) is 24.3 Å². The lowest BCUT2D eigenvalue weighted by molar-refractivity contribution is -0.148. The molecule has 112 valence electrons. The fourth-order valence-corrected chi connectivity index (χ4v) is 2.83. The highest BCUT2D eigenvalue weighted by Gasteiger charge is 2.35. The average Bonchev–Trinajstić information content (AvgIpc) is 2.90. The second-order valence-electron chi connectivity index (χ2n) is 5.28. The molecule has 3 rings (SSSR count). The van der Waals surface area contributed by atoms with E-state index in [1.165, 1.54) is 0 Å². The van der Waals surface area contributed by atoms with Gasteiger partial charge in [0.05, 0.1) is 19.1 Å². The highest BCUT2D eigenvalue weighted by molar-refractivity contribution is 5.85. The van der Waals surface area contributed by atoms with Crippen LogP contribution in [0, 0.1) is 0 Å². The molecule has 21 heavy (non-hydrogen) atoms. The van der Waals surface area contributed by atoms with Gasteiger partial charge in [-0.25, -0.2) is 0 Å². The number of carbonyl (C=O) groups is 2. The van der Waals surface area contributed by atoms with Crippen LogP contribution in [0.25, 0.3) is 0 Å². The minimum atomic E-state index is -0.913. The molecule has 0 aliphatic carbocycles. The molecule has 1 aromatic carbocycles. The number of amides is 1. The molecule has 2 aliphatic heterocycles. The van der Waals surface area contributed by atoms with Gasteiger partial charge in [0.15, 0.2) is 0 Å². The van der Waals surface area contributed by atoms with E-state index in [0.717, 1.165) is 11.3 Å². The van der Waals surface area contributed by atoms with Crippen LogP contribution < -0.4 is 4.74 Å². The van der Waals surface area contributed by atoms with Crippen LogP contribution in [0.15, 0.2) is 24.3 Å². The number of carbonyl (C=O) groups excluding carboxylic acids is 1. The number of morpholine rings is 1. The Labute approximate surface area is 122 Å². The summed E-state index contributed by atoms with van der Waals surface area (Å²) in [5.74, 6) is -0.474. The SMILES string of the molecule is O=C(O)CC1CN(C(=O)C2COc3ccccc32)CCO1. The molecule has 1 saturated heterocycles. The molecule has 2 heterocycles. The quantitative estimate of drug-likeness (QED) is 0.894. The van der Waals surface area contributed by atoms with Crippen molar-refractivity contribution >= 4 is 11.9 Å². The first kappa shape index (κ1) is 13.9. The first-order chi connectivity index (χ1) is 10.1. The van der Waals surface area contributed by atoms with Crippen LogP contribution >= 0.6 is 0 Å².